The van der Waals surface area contributed by atoms with Crippen LogP contribution in [-0.4, -0.2) is 62.7 Å². The van der Waals surface area contributed by atoms with Gasteiger partial charge in [0.1, 0.15) is 0 Å². The third-order valence-corrected chi connectivity index (χ3v) is 3.72. The Morgan fingerprint density at radius 2 is 1.75 bits per heavy atom. The van der Waals surface area contributed by atoms with Crippen LogP contribution in [0, 0.1) is 5.92 Å². The molecule has 0 saturated heterocycles. The van der Waals surface area contributed by atoms with Gasteiger partial charge in [0, 0.05) is 25.2 Å². The summed E-state index contributed by atoms with van der Waals surface area (Å²) in [4.78, 5) is 4.72. The molecule has 96 valence electrons. The van der Waals surface area contributed by atoms with E-state index in [0.29, 0.717) is 6.04 Å². The number of nitrogens with one attached hydrogen (secondary N) is 1. The fraction of sp³-hybridized carbons (Fsp3) is 1.00. The van der Waals surface area contributed by atoms with Crippen LogP contribution < -0.4 is 5.32 Å². The van der Waals surface area contributed by atoms with Crippen molar-refractivity contribution in [1.82, 2.24) is 15.1 Å². The second kappa shape index (κ2) is 6.58. The molecule has 1 aliphatic carbocycles. The van der Waals surface area contributed by atoms with E-state index in [2.05, 4.69) is 50.1 Å². The zero-order valence-electron chi connectivity index (χ0n) is 11.7. The van der Waals surface area contributed by atoms with Crippen LogP contribution in [0.4, 0.5) is 0 Å². The van der Waals surface area contributed by atoms with E-state index in [9.17, 15) is 0 Å². The summed E-state index contributed by atoms with van der Waals surface area (Å²) in [6.45, 7) is 8.16. The van der Waals surface area contributed by atoms with Crippen molar-refractivity contribution in [2.75, 3.05) is 40.8 Å². The first-order chi connectivity index (χ1) is 7.50. The molecule has 0 amide bonds. The molecular formula is C13H29N3. The number of hydrogen-bond acceptors (Lipinski definition) is 3. The van der Waals surface area contributed by atoms with E-state index >= 15 is 0 Å². The van der Waals surface area contributed by atoms with E-state index in [-0.39, 0.29) is 0 Å². The van der Waals surface area contributed by atoms with Gasteiger partial charge in [0.15, 0.2) is 0 Å². The number of hydrogen-bond donors (Lipinski definition) is 1. The van der Waals surface area contributed by atoms with Crippen LogP contribution in [0.1, 0.15) is 26.7 Å². The molecule has 0 spiro atoms. The predicted molar refractivity (Wildman–Crippen MR) is 70.8 cm³/mol. The molecule has 3 nitrogen and oxygen atoms in total. The van der Waals surface area contributed by atoms with Gasteiger partial charge >= 0.3 is 0 Å². The van der Waals surface area contributed by atoms with E-state index in [0.717, 1.165) is 31.6 Å². The molecule has 16 heavy (non-hydrogen) atoms. The summed E-state index contributed by atoms with van der Waals surface area (Å²) in [5.74, 6) is 0.729. The molecule has 2 unspecified atom stereocenters. The lowest BCUT2D eigenvalue weighted by Gasteiger charge is -2.31. The molecule has 0 bridgehead atoms. The van der Waals surface area contributed by atoms with Gasteiger partial charge in [-0.15, -0.1) is 0 Å². The average Bonchev–Trinajstić information content (AvgIpc) is 3.05. The molecule has 2 atom stereocenters. The monoisotopic (exact) mass is 227 g/mol. The summed E-state index contributed by atoms with van der Waals surface area (Å²) < 4.78 is 0. The zero-order valence-corrected chi connectivity index (χ0v) is 11.7. The summed E-state index contributed by atoms with van der Waals surface area (Å²) in [5, 5.41) is 3.62. The van der Waals surface area contributed by atoms with Crippen LogP contribution >= 0.6 is 0 Å². The first kappa shape index (κ1) is 13.9. The van der Waals surface area contributed by atoms with Crippen LogP contribution in [0.25, 0.3) is 0 Å². The van der Waals surface area contributed by atoms with Crippen molar-refractivity contribution < 1.29 is 0 Å². The number of nitrogens with zero attached hydrogens (tertiary/aromatic N) is 2. The second-order valence-electron chi connectivity index (χ2n) is 5.68. The molecule has 1 N–H and O–H groups in total. The van der Waals surface area contributed by atoms with E-state index in [4.69, 9.17) is 0 Å². The summed E-state index contributed by atoms with van der Waals surface area (Å²) in [6.07, 6.45) is 2.77. The molecule has 0 radical (unpaired) electrons. The van der Waals surface area contributed by atoms with Crippen LogP contribution in [0.2, 0.25) is 0 Å². The second-order valence-corrected chi connectivity index (χ2v) is 5.68. The average molecular weight is 227 g/mol. The minimum atomic E-state index is 0.659. The van der Waals surface area contributed by atoms with Crippen LogP contribution in [-0.2, 0) is 0 Å². The summed E-state index contributed by atoms with van der Waals surface area (Å²) in [5.41, 5.74) is 0. The first-order valence-electron chi connectivity index (χ1n) is 6.59. The van der Waals surface area contributed by atoms with Gasteiger partial charge in [-0.3, -0.25) is 0 Å². The molecular weight excluding hydrogens is 198 g/mol. The van der Waals surface area contributed by atoms with E-state index in [1.807, 2.05) is 0 Å². The maximum Gasteiger partial charge on any atom is 0.0109 e. The van der Waals surface area contributed by atoms with Crippen LogP contribution in [0.15, 0.2) is 0 Å². The fourth-order valence-corrected chi connectivity index (χ4v) is 1.81. The molecule has 1 fully saturated rings. The Kier molecular flexibility index (Phi) is 5.73. The lowest BCUT2D eigenvalue weighted by atomic mass is 10.0. The van der Waals surface area contributed by atoms with Gasteiger partial charge in [-0.1, -0.05) is 6.92 Å². The van der Waals surface area contributed by atoms with Gasteiger partial charge in [0.25, 0.3) is 0 Å². The quantitative estimate of drug-likeness (QED) is 0.673. The molecule has 1 rings (SSSR count). The maximum absolute atomic E-state index is 3.62. The first-order valence-corrected chi connectivity index (χ1v) is 6.59. The smallest absolute Gasteiger partial charge is 0.0109 e. The maximum atomic E-state index is 3.62. The molecule has 0 aromatic rings. The van der Waals surface area contributed by atoms with Gasteiger partial charge in [0.05, 0.1) is 0 Å². The fourth-order valence-electron chi connectivity index (χ4n) is 1.81. The normalized spacial score (nSPS) is 20.4. The third-order valence-electron chi connectivity index (χ3n) is 3.72. The van der Waals surface area contributed by atoms with Gasteiger partial charge in [0.2, 0.25) is 0 Å². The van der Waals surface area contributed by atoms with Gasteiger partial charge in [-0.25, -0.2) is 0 Å². The highest BCUT2D eigenvalue weighted by Gasteiger charge is 2.23. The van der Waals surface area contributed by atoms with Crippen molar-refractivity contribution in [2.45, 2.75) is 38.8 Å². The lowest BCUT2D eigenvalue weighted by molar-refractivity contribution is 0.180. The Morgan fingerprint density at radius 3 is 2.25 bits per heavy atom. The minimum Gasteiger partial charge on any atom is -0.314 e. The van der Waals surface area contributed by atoms with Crippen molar-refractivity contribution in [3.63, 3.8) is 0 Å². The zero-order chi connectivity index (χ0) is 12.1. The molecule has 0 aromatic heterocycles. The summed E-state index contributed by atoms with van der Waals surface area (Å²) in [6, 6.07) is 1.49. The molecule has 3 heteroatoms. The molecule has 1 aliphatic rings. The topological polar surface area (TPSA) is 18.5 Å². The Morgan fingerprint density at radius 1 is 1.12 bits per heavy atom. The SMILES string of the molecule is CC(CNC1CC1)C(C)N(C)CCN(C)C. The van der Waals surface area contributed by atoms with Crippen molar-refractivity contribution in [1.29, 1.82) is 0 Å². The Balaban J connectivity index is 2.16. The minimum absolute atomic E-state index is 0.659. The highest BCUT2D eigenvalue weighted by molar-refractivity contribution is 4.83. The van der Waals surface area contributed by atoms with Gasteiger partial charge in [-0.2, -0.15) is 0 Å². The van der Waals surface area contributed by atoms with E-state index in [1.165, 1.54) is 12.8 Å². The standard InChI is InChI=1S/C13H29N3/c1-11(10-14-13-6-7-13)12(2)16(5)9-8-15(3)4/h11-14H,6-10H2,1-5H3. The molecule has 0 aliphatic heterocycles. The Hall–Kier alpha value is -0.120. The van der Waals surface area contributed by atoms with Crippen LogP contribution in [0.3, 0.4) is 0 Å². The highest BCUT2D eigenvalue weighted by atomic mass is 15.2. The number of likely N-dealkylation sites (N-methyl/N-ethyl adjacent to an activating group) is 2. The van der Waals surface area contributed by atoms with Crippen molar-refractivity contribution >= 4 is 0 Å². The van der Waals surface area contributed by atoms with Gasteiger partial charge < -0.3 is 15.1 Å². The van der Waals surface area contributed by atoms with Crippen molar-refractivity contribution in [2.24, 2.45) is 5.92 Å². The number of rotatable bonds is 8. The largest absolute Gasteiger partial charge is 0.314 e. The van der Waals surface area contributed by atoms with E-state index < -0.39 is 0 Å². The van der Waals surface area contributed by atoms with Crippen molar-refractivity contribution in [3.05, 3.63) is 0 Å². The van der Waals surface area contributed by atoms with Gasteiger partial charge in [-0.05, 0) is 53.4 Å². The summed E-state index contributed by atoms with van der Waals surface area (Å²) >= 11 is 0. The van der Waals surface area contributed by atoms with Crippen molar-refractivity contribution in [3.8, 4) is 0 Å². The van der Waals surface area contributed by atoms with E-state index in [1.54, 1.807) is 0 Å². The highest BCUT2D eigenvalue weighted by Crippen LogP contribution is 2.19. The summed E-state index contributed by atoms with van der Waals surface area (Å²) in [7, 11) is 6.51. The molecule has 0 aromatic carbocycles. The van der Waals surface area contributed by atoms with Crippen LogP contribution in [0.5, 0.6) is 0 Å². The third kappa shape index (κ3) is 5.28. The Labute approximate surface area is 101 Å². The lowest BCUT2D eigenvalue weighted by Crippen LogP contribution is -2.42. The Bertz CT molecular complexity index is 178. The molecule has 1 saturated carbocycles. The predicted octanol–water partition coefficient (Wildman–Crippen LogP) is 1.26. The molecule has 0 heterocycles.